The Hall–Kier alpha value is -1.82. The van der Waals surface area contributed by atoms with Gasteiger partial charge in [-0.2, -0.15) is 5.26 Å². The lowest BCUT2D eigenvalue weighted by Gasteiger charge is -2.07. The third-order valence-corrected chi connectivity index (χ3v) is 2.24. The van der Waals surface area contributed by atoms with Gasteiger partial charge < -0.3 is 5.11 Å². The molecule has 0 radical (unpaired) electrons. The molecule has 78 valence electrons. The lowest BCUT2D eigenvalue weighted by atomic mass is 9.95. The van der Waals surface area contributed by atoms with Crippen molar-refractivity contribution in [3.8, 4) is 6.07 Å². The maximum absolute atomic E-state index is 10.3. The van der Waals surface area contributed by atoms with Crippen molar-refractivity contribution in [2.24, 2.45) is 0 Å². The van der Waals surface area contributed by atoms with Gasteiger partial charge >= 0.3 is 5.97 Å². The van der Waals surface area contributed by atoms with Crippen molar-refractivity contribution in [2.75, 3.05) is 0 Å². The maximum Gasteiger partial charge on any atom is 0.303 e. The second-order valence-electron chi connectivity index (χ2n) is 3.38. The summed E-state index contributed by atoms with van der Waals surface area (Å²) in [6.45, 7) is 0. The lowest BCUT2D eigenvalue weighted by molar-refractivity contribution is -0.137. The minimum absolute atomic E-state index is 0.130. The van der Waals surface area contributed by atoms with Gasteiger partial charge in [-0.1, -0.05) is 30.3 Å². The molecule has 1 unspecified atom stereocenters. The summed E-state index contributed by atoms with van der Waals surface area (Å²) in [6, 6.07) is 11.7. The number of nitrogens with zero attached hydrogens (tertiary/aromatic N) is 1. The number of rotatable bonds is 5. The summed E-state index contributed by atoms with van der Waals surface area (Å²) in [7, 11) is 0. The van der Waals surface area contributed by atoms with Gasteiger partial charge in [0.15, 0.2) is 0 Å². The quantitative estimate of drug-likeness (QED) is 0.799. The molecule has 0 aliphatic heterocycles. The Labute approximate surface area is 89.0 Å². The number of carboxylic acids is 1. The zero-order valence-corrected chi connectivity index (χ0v) is 8.39. The Morgan fingerprint density at radius 3 is 2.60 bits per heavy atom. The van der Waals surface area contributed by atoms with E-state index >= 15 is 0 Å². The summed E-state index contributed by atoms with van der Waals surface area (Å²) in [4.78, 5) is 10.3. The smallest absolute Gasteiger partial charge is 0.303 e. The summed E-state index contributed by atoms with van der Waals surface area (Å²) >= 11 is 0. The van der Waals surface area contributed by atoms with E-state index in [0.29, 0.717) is 12.8 Å². The van der Waals surface area contributed by atoms with Crippen molar-refractivity contribution in [1.29, 1.82) is 5.26 Å². The first-order valence-corrected chi connectivity index (χ1v) is 4.90. The van der Waals surface area contributed by atoms with E-state index in [1.807, 2.05) is 30.3 Å². The molecule has 0 aliphatic rings. The zero-order valence-electron chi connectivity index (χ0n) is 8.39. The summed E-state index contributed by atoms with van der Waals surface area (Å²) in [5, 5.41) is 17.4. The standard InChI is InChI=1S/C12H13NO2/c13-9-11(7-4-8-12(14)15)10-5-2-1-3-6-10/h1-3,5-6,11H,4,7-8H2,(H,14,15). The van der Waals surface area contributed by atoms with Crippen molar-refractivity contribution in [1.82, 2.24) is 0 Å². The molecule has 0 bridgehead atoms. The van der Waals surface area contributed by atoms with Crippen molar-refractivity contribution >= 4 is 5.97 Å². The van der Waals surface area contributed by atoms with E-state index < -0.39 is 5.97 Å². The highest BCUT2D eigenvalue weighted by Gasteiger charge is 2.10. The third kappa shape index (κ3) is 3.82. The lowest BCUT2D eigenvalue weighted by Crippen LogP contribution is -1.99. The Kier molecular flexibility index (Phi) is 4.36. The molecule has 0 saturated heterocycles. The fraction of sp³-hybridized carbons (Fsp3) is 0.333. The molecule has 3 heteroatoms. The van der Waals surface area contributed by atoms with Crippen LogP contribution in [0.2, 0.25) is 0 Å². The average Bonchev–Trinajstić information content (AvgIpc) is 2.25. The van der Waals surface area contributed by atoms with Crippen LogP contribution in [0.5, 0.6) is 0 Å². The molecule has 0 spiro atoms. The number of carbonyl (C=O) groups is 1. The van der Waals surface area contributed by atoms with Gasteiger partial charge in [-0.05, 0) is 18.4 Å². The topological polar surface area (TPSA) is 61.1 Å². The molecule has 1 rings (SSSR count). The van der Waals surface area contributed by atoms with Crippen LogP contribution < -0.4 is 0 Å². The van der Waals surface area contributed by atoms with Gasteiger partial charge in [0, 0.05) is 6.42 Å². The number of aliphatic carboxylic acids is 1. The molecule has 0 heterocycles. The van der Waals surface area contributed by atoms with Gasteiger partial charge in [-0.25, -0.2) is 0 Å². The fourth-order valence-electron chi connectivity index (χ4n) is 1.45. The van der Waals surface area contributed by atoms with Gasteiger partial charge in [-0.15, -0.1) is 0 Å². The summed E-state index contributed by atoms with van der Waals surface area (Å²) < 4.78 is 0. The van der Waals surface area contributed by atoms with Crippen LogP contribution in [0, 0.1) is 11.3 Å². The monoisotopic (exact) mass is 203 g/mol. The van der Waals surface area contributed by atoms with Crippen molar-refractivity contribution < 1.29 is 9.90 Å². The highest BCUT2D eigenvalue weighted by Crippen LogP contribution is 2.20. The van der Waals surface area contributed by atoms with Gasteiger partial charge in [0.25, 0.3) is 0 Å². The number of hydrogen-bond donors (Lipinski definition) is 1. The molecule has 0 amide bonds. The molecule has 15 heavy (non-hydrogen) atoms. The average molecular weight is 203 g/mol. The molecule has 0 fully saturated rings. The minimum Gasteiger partial charge on any atom is -0.481 e. The van der Waals surface area contributed by atoms with Crippen LogP contribution in [-0.4, -0.2) is 11.1 Å². The largest absolute Gasteiger partial charge is 0.481 e. The van der Waals surface area contributed by atoms with Gasteiger partial charge in [-0.3, -0.25) is 4.79 Å². The SMILES string of the molecule is N#CC(CCCC(=O)O)c1ccccc1. The first-order chi connectivity index (χ1) is 7.24. The summed E-state index contributed by atoms with van der Waals surface area (Å²) in [6.07, 6.45) is 1.28. The fourth-order valence-corrected chi connectivity index (χ4v) is 1.45. The molecule has 1 aromatic rings. The number of hydrogen-bond acceptors (Lipinski definition) is 2. The maximum atomic E-state index is 10.3. The van der Waals surface area contributed by atoms with Crippen LogP contribution in [0.1, 0.15) is 30.7 Å². The second kappa shape index (κ2) is 5.82. The van der Waals surface area contributed by atoms with E-state index in [4.69, 9.17) is 10.4 Å². The van der Waals surface area contributed by atoms with Crippen LogP contribution in [0.25, 0.3) is 0 Å². The normalized spacial score (nSPS) is 11.7. The van der Waals surface area contributed by atoms with E-state index in [-0.39, 0.29) is 12.3 Å². The molecule has 0 saturated carbocycles. The van der Waals surface area contributed by atoms with Gasteiger partial charge in [0.2, 0.25) is 0 Å². The summed E-state index contributed by atoms with van der Waals surface area (Å²) in [5.74, 6) is -0.995. The van der Waals surface area contributed by atoms with Crippen LogP contribution in [0.4, 0.5) is 0 Å². The van der Waals surface area contributed by atoms with Crippen LogP contribution in [-0.2, 0) is 4.79 Å². The predicted molar refractivity (Wildman–Crippen MR) is 56.3 cm³/mol. The van der Waals surface area contributed by atoms with Crippen molar-refractivity contribution in [3.05, 3.63) is 35.9 Å². The highest BCUT2D eigenvalue weighted by molar-refractivity contribution is 5.66. The van der Waals surface area contributed by atoms with Gasteiger partial charge in [0.1, 0.15) is 0 Å². The first-order valence-electron chi connectivity index (χ1n) is 4.90. The Bertz CT molecular complexity index is 354. The van der Waals surface area contributed by atoms with E-state index in [1.165, 1.54) is 0 Å². The zero-order chi connectivity index (χ0) is 11.1. The summed E-state index contributed by atoms with van der Waals surface area (Å²) in [5.41, 5.74) is 0.963. The highest BCUT2D eigenvalue weighted by atomic mass is 16.4. The Morgan fingerprint density at radius 2 is 2.07 bits per heavy atom. The molecule has 0 aliphatic carbocycles. The first kappa shape index (κ1) is 11.3. The van der Waals surface area contributed by atoms with E-state index in [0.717, 1.165) is 5.56 Å². The molecule has 1 atom stereocenters. The van der Waals surface area contributed by atoms with E-state index in [2.05, 4.69) is 6.07 Å². The number of nitriles is 1. The van der Waals surface area contributed by atoms with Crippen LogP contribution in [0.15, 0.2) is 30.3 Å². The molecule has 3 nitrogen and oxygen atoms in total. The predicted octanol–water partition coefficient (Wildman–Crippen LogP) is 2.55. The molecular weight excluding hydrogens is 190 g/mol. The molecule has 1 aromatic carbocycles. The molecule has 0 aromatic heterocycles. The van der Waals surface area contributed by atoms with Crippen LogP contribution in [0.3, 0.4) is 0 Å². The number of carboxylic acid groups (broad SMARTS) is 1. The minimum atomic E-state index is -0.806. The second-order valence-corrected chi connectivity index (χ2v) is 3.38. The molecular formula is C12H13NO2. The van der Waals surface area contributed by atoms with Crippen molar-refractivity contribution in [3.63, 3.8) is 0 Å². The van der Waals surface area contributed by atoms with Gasteiger partial charge in [0.05, 0.1) is 12.0 Å². The van der Waals surface area contributed by atoms with E-state index in [9.17, 15) is 4.79 Å². The Morgan fingerprint density at radius 1 is 1.40 bits per heavy atom. The van der Waals surface area contributed by atoms with Crippen molar-refractivity contribution in [2.45, 2.75) is 25.2 Å². The third-order valence-electron chi connectivity index (χ3n) is 2.24. The number of benzene rings is 1. The van der Waals surface area contributed by atoms with Crippen LogP contribution >= 0.6 is 0 Å². The van der Waals surface area contributed by atoms with E-state index in [1.54, 1.807) is 0 Å². The molecule has 1 N–H and O–H groups in total. The Balaban J connectivity index is 2.51.